The van der Waals surface area contributed by atoms with Crippen molar-refractivity contribution in [1.29, 1.82) is 0 Å². The van der Waals surface area contributed by atoms with Crippen molar-refractivity contribution >= 4 is 0 Å². The minimum Gasteiger partial charge on any atom is -0.306 e. The first-order valence-electron chi connectivity index (χ1n) is 5.43. The summed E-state index contributed by atoms with van der Waals surface area (Å²) in [5.41, 5.74) is 2.33. The first kappa shape index (κ1) is 10.8. The van der Waals surface area contributed by atoms with Gasteiger partial charge in [-0.1, -0.05) is 13.0 Å². The van der Waals surface area contributed by atoms with Crippen molar-refractivity contribution in [3.05, 3.63) is 48.0 Å². The van der Waals surface area contributed by atoms with Crippen LogP contribution in [0.5, 0.6) is 0 Å². The maximum absolute atomic E-state index is 4.20. The topological polar surface area (TPSA) is 42.7 Å². The summed E-state index contributed by atoms with van der Waals surface area (Å²) in [7, 11) is 1.93. The summed E-state index contributed by atoms with van der Waals surface area (Å²) >= 11 is 0. The van der Waals surface area contributed by atoms with Gasteiger partial charge >= 0.3 is 0 Å². The molecule has 2 rings (SSSR count). The Morgan fingerprint density at radius 3 is 2.81 bits per heavy atom. The van der Waals surface area contributed by atoms with E-state index in [1.807, 2.05) is 36.4 Å². The van der Waals surface area contributed by atoms with E-state index >= 15 is 0 Å². The number of hydrogen-bond donors (Lipinski definition) is 1. The van der Waals surface area contributed by atoms with E-state index < -0.39 is 0 Å². The van der Waals surface area contributed by atoms with E-state index in [1.165, 1.54) is 0 Å². The molecule has 16 heavy (non-hydrogen) atoms. The second-order valence-corrected chi connectivity index (χ2v) is 3.72. The summed E-state index contributed by atoms with van der Waals surface area (Å²) in [4.78, 5) is 4.15. The molecule has 0 bridgehead atoms. The number of nitrogens with one attached hydrogen (secondary N) is 1. The first-order valence-corrected chi connectivity index (χ1v) is 5.43. The molecule has 0 aliphatic carbocycles. The number of rotatable bonds is 4. The van der Waals surface area contributed by atoms with Gasteiger partial charge in [0.25, 0.3) is 0 Å². The van der Waals surface area contributed by atoms with Crippen molar-refractivity contribution in [1.82, 2.24) is 20.1 Å². The molecule has 0 radical (unpaired) electrons. The molecule has 4 heteroatoms. The van der Waals surface area contributed by atoms with Gasteiger partial charge in [0.15, 0.2) is 0 Å². The lowest BCUT2D eigenvalue weighted by Gasteiger charge is -2.16. The number of aryl methyl sites for hydroxylation is 1. The van der Waals surface area contributed by atoms with Gasteiger partial charge in [0, 0.05) is 31.2 Å². The van der Waals surface area contributed by atoms with Gasteiger partial charge < -0.3 is 5.32 Å². The van der Waals surface area contributed by atoms with Gasteiger partial charge in [-0.25, -0.2) is 0 Å². The van der Waals surface area contributed by atoms with E-state index in [0.717, 1.165) is 17.7 Å². The van der Waals surface area contributed by atoms with Crippen LogP contribution in [0.4, 0.5) is 0 Å². The lowest BCUT2D eigenvalue weighted by Crippen LogP contribution is -2.21. The molecule has 0 amide bonds. The van der Waals surface area contributed by atoms with Crippen molar-refractivity contribution in [2.24, 2.45) is 7.05 Å². The summed E-state index contributed by atoms with van der Waals surface area (Å²) in [6.07, 6.45) is 7.59. The van der Waals surface area contributed by atoms with Crippen molar-refractivity contribution < 1.29 is 0 Å². The fourth-order valence-corrected chi connectivity index (χ4v) is 1.77. The molecule has 2 aromatic rings. The average molecular weight is 216 g/mol. The molecule has 0 saturated heterocycles. The standard InChI is InChI=1S/C12H16N4/c1-3-14-12(10-5-4-6-13-7-10)11-8-15-16(2)9-11/h4-9,12,14H,3H2,1-2H3. The molecule has 0 fully saturated rings. The number of nitrogens with zero attached hydrogens (tertiary/aromatic N) is 3. The fourth-order valence-electron chi connectivity index (χ4n) is 1.77. The molecule has 1 N–H and O–H groups in total. The van der Waals surface area contributed by atoms with Crippen LogP contribution < -0.4 is 5.32 Å². The summed E-state index contributed by atoms with van der Waals surface area (Å²) in [6.45, 7) is 3.01. The van der Waals surface area contributed by atoms with Crippen LogP contribution in [-0.4, -0.2) is 21.3 Å². The second kappa shape index (κ2) is 4.90. The van der Waals surface area contributed by atoms with Crippen LogP contribution in [-0.2, 0) is 7.05 Å². The highest BCUT2D eigenvalue weighted by atomic mass is 15.2. The predicted molar refractivity (Wildman–Crippen MR) is 63.0 cm³/mol. The zero-order chi connectivity index (χ0) is 11.4. The van der Waals surface area contributed by atoms with Gasteiger partial charge in [0.1, 0.15) is 0 Å². The van der Waals surface area contributed by atoms with Gasteiger partial charge in [0.2, 0.25) is 0 Å². The molecule has 84 valence electrons. The zero-order valence-electron chi connectivity index (χ0n) is 9.59. The van der Waals surface area contributed by atoms with Gasteiger partial charge in [-0.15, -0.1) is 0 Å². The van der Waals surface area contributed by atoms with Crippen molar-refractivity contribution in [2.45, 2.75) is 13.0 Å². The molecule has 0 aromatic carbocycles. The molecular formula is C12H16N4. The molecule has 0 aliphatic rings. The van der Waals surface area contributed by atoms with Crippen LogP contribution >= 0.6 is 0 Å². The normalized spacial score (nSPS) is 12.6. The first-order chi connectivity index (χ1) is 7.81. The van der Waals surface area contributed by atoms with E-state index in [-0.39, 0.29) is 6.04 Å². The van der Waals surface area contributed by atoms with Crippen LogP contribution in [0.15, 0.2) is 36.9 Å². The number of hydrogen-bond acceptors (Lipinski definition) is 3. The molecule has 0 aliphatic heterocycles. The van der Waals surface area contributed by atoms with Crippen molar-refractivity contribution in [3.8, 4) is 0 Å². The summed E-state index contributed by atoms with van der Waals surface area (Å²) in [6, 6.07) is 4.20. The highest BCUT2D eigenvalue weighted by Crippen LogP contribution is 2.20. The minimum absolute atomic E-state index is 0.174. The molecule has 4 nitrogen and oxygen atoms in total. The van der Waals surface area contributed by atoms with E-state index in [2.05, 4.69) is 28.4 Å². The fraction of sp³-hybridized carbons (Fsp3) is 0.333. The zero-order valence-corrected chi connectivity index (χ0v) is 9.59. The van der Waals surface area contributed by atoms with Crippen LogP contribution in [0, 0.1) is 0 Å². The molecular weight excluding hydrogens is 200 g/mol. The quantitative estimate of drug-likeness (QED) is 0.842. The van der Waals surface area contributed by atoms with Gasteiger partial charge in [-0.05, 0) is 18.2 Å². The third-order valence-electron chi connectivity index (χ3n) is 2.48. The Morgan fingerprint density at radius 2 is 2.25 bits per heavy atom. The van der Waals surface area contributed by atoms with E-state index in [1.54, 1.807) is 6.20 Å². The Kier molecular flexibility index (Phi) is 3.31. The van der Waals surface area contributed by atoms with E-state index in [9.17, 15) is 0 Å². The lowest BCUT2D eigenvalue weighted by atomic mass is 10.0. The second-order valence-electron chi connectivity index (χ2n) is 3.72. The summed E-state index contributed by atoms with van der Waals surface area (Å²) in [5, 5.41) is 7.64. The Bertz CT molecular complexity index is 435. The smallest absolute Gasteiger partial charge is 0.0623 e. The Hall–Kier alpha value is -1.68. The summed E-state index contributed by atoms with van der Waals surface area (Å²) < 4.78 is 1.82. The van der Waals surface area contributed by atoms with Crippen LogP contribution in [0.3, 0.4) is 0 Å². The van der Waals surface area contributed by atoms with Crippen molar-refractivity contribution in [2.75, 3.05) is 6.54 Å². The predicted octanol–water partition coefficient (Wildman–Crippen LogP) is 1.51. The molecule has 1 unspecified atom stereocenters. The minimum atomic E-state index is 0.174. The molecule has 2 heterocycles. The maximum atomic E-state index is 4.20. The van der Waals surface area contributed by atoms with Gasteiger partial charge in [0.05, 0.1) is 12.2 Å². The molecule has 0 saturated carbocycles. The Balaban J connectivity index is 2.31. The van der Waals surface area contributed by atoms with Gasteiger partial charge in [-0.2, -0.15) is 5.10 Å². The van der Waals surface area contributed by atoms with Crippen LogP contribution in [0.2, 0.25) is 0 Å². The number of pyridine rings is 1. The van der Waals surface area contributed by atoms with E-state index in [0.29, 0.717) is 0 Å². The van der Waals surface area contributed by atoms with Crippen molar-refractivity contribution in [3.63, 3.8) is 0 Å². The SMILES string of the molecule is CCNC(c1cccnc1)c1cnn(C)c1. The highest BCUT2D eigenvalue weighted by molar-refractivity contribution is 5.26. The van der Waals surface area contributed by atoms with Crippen LogP contribution in [0.1, 0.15) is 24.1 Å². The molecule has 2 aromatic heterocycles. The monoisotopic (exact) mass is 216 g/mol. The highest BCUT2D eigenvalue weighted by Gasteiger charge is 2.14. The Morgan fingerprint density at radius 1 is 1.38 bits per heavy atom. The molecule has 0 spiro atoms. The third-order valence-corrected chi connectivity index (χ3v) is 2.48. The third kappa shape index (κ3) is 2.28. The Labute approximate surface area is 95.3 Å². The van der Waals surface area contributed by atoms with Gasteiger partial charge in [-0.3, -0.25) is 9.67 Å². The largest absolute Gasteiger partial charge is 0.306 e. The van der Waals surface area contributed by atoms with E-state index in [4.69, 9.17) is 0 Å². The lowest BCUT2D eigenvalue weighted by molar-refractivity contribution is 0.627. The maximum Gasteiger partial charge on any atom is 0.0623 e. The number of aromatic nitrogens is 3. The van der Waals surface area contributed by atoms with Crippen LogP contribution in [0.25, 0.3) is 0 Å². The average Bonchev–Trinajstić information content (AvgIpc) is 2.74. The molecule has 1 atom stereocenters. The summed E-state index contributed by atoms with van der Waals surface area (Å²) in [5.74, 6) is 0.